The van der Waals surface area contributed by atoms with E-state index in [4.69, 9.17) is 9.11 Å². The Balaban J connectivity index is 3.85. The van der Waals surface area contributed by atoms with E-state index < -0.39 is 24.5 Å². The van der Waals surface area contributed by atoms with E-state index in [1.165, 1.54) is 38.5 Å². The lowest BCUT2D eigenvalue weighted by molar-refractivity contribution is 0.480. The van der Waals surface area contributed by atoms with Gasteiger partial charge in [0.2, 0.25) is 4.24 Å². The topological polar surface area (TPSA) is 109 Å². The van der Waals surface area contributed by atoms with Crippen LogP contribution in [0.3, 0.4) is 0 Å². The molecule has 0 saturated carbocycles. The van der Waals surface area contributed by atoms with Crippen LogP contribution in [0.1, 0.15) is 77.6 Å². The molecule has 0 fully saturated rings. The second kappa shape index (κ2) is 11.2. The molecule has 2 N–H and O–H groups in total. The van der Waals surface area contributed by atoms with Gasteiger partial charge in [-0.3, -0.25) is 9.11 Å². The molecule has 132 valence electrons. The summed E-state index contributed by atoms with van der Waals surface area (Å²) in [5.74, 6) is 0. The van der Waals surface area contributed by atoms with Crippen LogP contribution in [0.15, 0.2) is 10.3 Å². The van der Waals surface area contributed by atoms with Crippen molar-refractivity contribution >= 4 is 20.2 Å². The molecule has 0 unspecified atom stereocenters. The first-order valence-corrected chi connectivity index (χ1v) is 10.7. The molecule has 0 aromatic rings. The van der Waals surface area contributed by atoms with Crippen LogP contribution in [0.4, 0.5) is 0 Å². The fourth-order valence-corrected chi connectivity index (χ4v) is 3.92. The highest BCUT2D eigenvalue weighted by Crippen LogP contribution is 2.15. The van der Waals surface area contributed by atoms with Crippen molar-refractivity contribution in [3.63, 3.8) is 0 Å². The van der Waals surface area contributed by atoms with Gasteiger partial charge in [0.15, 0.2) is 0 Å². The SMILES string of the molecule is CCCCCCCCCCCCC=C(S(=O)(=O)O)S(=O)(=O)O. The lowest BCUT2D eigenvalue weighted by Gasteiger charge is -2.02. The highest BCUT2D eigenvalue weighted by atomic mass is 32.3. The minimum absolute atomic E-state index is 0.186. The molecule has 0 bridgehead atoms. The summed E-state index contributed by atoms with van der Waals surface area (Å²) in [6.07, 6.45) is 12.1. The molecule has 0 heterocycles. The minimum atomic E-state index is -4.91. The van der Waals surface area contributed by atoms with Crippen molar-refractivity contribution in [3.8, 4) is 0 Å². The van der Waals surface area contributed by atoms with Crippen molar-refractivity contribution in [3.05, 3.63) is 10.3 Å². The standard InChI is InChI=1S/C14H28O6S2/c1-2-3-4-5-6-7-8-9-10-11-12-13-14(21(15,16)17)22(18,19)20/h13H,2-12H2,1H3,(H,15,16,17)(H,18,19,20). The first kappa shape index (κ1) is 21.6. The van der Waals surface area contributed by atoms with E-state index in [2.05, 4.69) is 6.92 Å². The van der Waals surface area contributed by atoms with E-state index >= 15 is 0 Å². The third kappa shape index (κ3) is 11.2. The Labute approximate surface area is 134 Å². The maximum atomic E-state index is 10.8. The molecule has 0 aliphatic heterocycles. The fraction of sp³-hybridized carbons (Fsp3) is 0.857. The highest BCUT2D eigenvalue weighted by molar-refractivity contribution is 8.09. The van der Waals surface area contributed by atoms with Crippen molar-refractivity contribution in [2.24, 2.45) is 0 Å². The van der Waals surface area contributed by atoms with Crippen LogP contribution in [0.5, 0.6) is 0 Å². The van der Waals surface area contributed by atoms with E-state index in [-0.39, 0.29) is 6.42 Å². The molecule has 0 aromatic carbocycles. The Morgan fingerprint density at radius 2 is 1.09 bits per heavy atom. The number of allylic oxidation sites excluding steroid dienone is 1. The zero-order valence-corrected chi connectivity index (χ0v) is 14.8. The van der Waals surface area contributed by atoms with Gasteiger partial charge in [-0.05, 0) is 18.9 Å². The average Bonchev–Trinajstić information content (AvgIpc) is 2.37. The molecule has 0 amide bonds. The Morgan fingerprint density at radius 1 is 0.727 bits per heavy atom. The first-order chi connectivity index (χ1) is 10.2. The summed E-state index contributed by atoms with van der Waals surface area (Å²) in [6.45, 7) is 2.18. The maximum absolute atomic E-state index is 10.8. The predicted molar refractivity (Wildman–Crippen MR) is 87.6 cm³/mol. The number of hydrogen-bond acceptors (Lipinski definition) is 4. The second-order valence-electron chi connectivity index (χ2n) is 5.44. The molecule has 0 aliphatic rings. The van der Waals surface area contributed by atoms with Crippen LogP contribution in [-0.2, 0) is 20.2 Å². The van der Waals surface area contributed by atoms with E-state index in [1.54, 1.807) is 0 Å². The summed E-state index contributed by atoms with van der Waals surface area (Å²) < 4.78 is 59.5. The minimum Gasteiger partial charge on any atom is -0.281 e. The van der Waals surface area contributed by atoms with E-state index in [0.717, 1.165) is 25.3 Å². The Kier molecular flexibility index (Phi) is 10.9. The van der Waals surface area contributed by atoms with Crippen molar-refractivity contribution in [1.29, 1.82) is 0 Å². The normalized spacial score (nSPS) is 12.3. The summed E-state index contributed by atoms with van der Waals surface area (Å²) in [5.41, 5.74) is 0. The lowest BCUT2D eigenvalue weighted by atomic mass is 10.1. The summed E-state index contributed by atoms with van der Waals surface area (Å²) in [7, 11) is -9.82. The molecule has 6 nitrogen and oxygen atoms in total. The summed E-state index contributed by atoms with van der Waals surface area (Å²) in [5, 5.41) is 0. The molecule has 8 heteroatoms. The van der Waals surface area contributed by atoms with Gasteiger partial charge in [0.1, 0.15) is 0 Å². The van der Waals surface area contributed by atoms with Crippen molar-refractivity contribution < 1.29 is 25.9 Å². The summed E-state index contributed by atoms with van der Waals surface area (Å²) in [4.78, 5) is 0. The second-order valence-corrected chi connectivity index (χ2v) is 8.48. The number of hydrogen-bond donors (Lipinski definition) is 2. The number of unbranched alkanes of at least 4 members (excludes halogenated alkanes) is 10. The summed E-state index contributed by atoms with van der Waals surface area (Å²) >= 11 is 0. The van der Waals surface area contributed by atoms with E-state index in [0.29, 0.717) is 6.42 Å². The largest absolute Gasteiger partial charge is 0.307 e. The molecular formula is C14H28O6S2. The smallest absolute Gasteiger partial charge is 0.281 e. The molecule has 0 radical (unpaired) electrons. The Morgan fingerprint density at radius 3 is 1.45 bits per heavy atom. The molecule has 0 aliphatic carbocycles. The molecular weight excluding hydrogens is 328 g/mol. The van der Waals surface area contributed by atoms with Gasteiger partial charge in [0.05, 0.1) is 0 Å². The third-order valence-electron chi connectivity index (χ3n) is 3.38. The molecule has 0 spiro atoms. The monoisotopic (exact) mass is 356 g/mol. The van der Waals surface area contributed by atoms with Crippen LogP contribution in [0, 0.1) is 0 Å². The predicted octanol–water partition coefficient (Wildman–Crippen LogP) is 3.91. The molecule has 0 saturated heterocycles. The van der Waals surface area contributed by atoms with Crippen LogP contribution in [-0.4, -0.2) is 25.9 Å². The summed E-state index contributed by atoms with van der Waals surface area (Å²) in [6, 6.07) is 0. The van der Waals surface area contributed by atoms with Crippen LogP contribution >= 0.6 is 0 Å². The van der Waals surface area contributed by atoms with Gasteiger partial charge in [0.25, 0.3) is 0 Å². The third-order valence-corrected chi connectivity index (χ3v) is 5.99. The van der Waals surface area contributed by atoms with Gasteiger partial charge in [-0.25, -0.2) is 0 Å². The van der Waals surface area contributed by atoms with Crippen LogP contribution in [0.2, 0.25) is 0 Å². The van der Waals surface area contributed by atoms with Gasteiger partial charge in [-0.2, -0.15) is 16.8 Å². The maximum Gasteiger partial charge on any atom is 0.307 e. The molecule has 0 aromatic heterocycles. The molecule has 22 heavy (non-hydrogen) atoms. The number of rotatable bonds is 13. The van der Waals surface area contributed by atoms with Gasteiger partial charge >= 0.3 is 20.2 Å². The quantitative estimate of drug-likeness (QED) is 0.382. The van der Waals surface area contributed by atoms with Crippen molar-refractivity contribution in [1.82, 2.24) is 0 Å². The zero-order valence-electron chi connectivity index (χ0n) is 13.2. The fourth-order valence-electron chi connectivity index (χ4n) is 2.20. The highest BCUT2D eigenvalue weighted by Gasteiger charge is 2.26. The molecule has 0 atom stereocenters. The Bertz CT molecular complexity index is 486. The van der Waals surface area contributed by atoms with Crippen LogP contribution < -0.4 is 0 Å². The van der Waals surface area contributed by atoms with Gasteiger partial charge in [-0.1, -0.05) is 64.7 Å². The van der Waals surface area contributed by atoms with Gasteiger partial charge in [0, 0.05) is 0 Å². The average molecular weight is 357 g/mol. The zero-order chi connectivity index (χ0) is 17.1. The van der Waals surface area contributed by atoms with Gasteiger partial charge in [-0.15, -0.1) is 0 Å². The first-order valence-electron chi connectivity index (χ1n) is 7.84. The van der Waals surface area contributed by atoms with E-state index in [1.807, 2.05) is 0 Å². The van der Waals surface area contributed by atoms with Gasteiger partial charge < -0.3 is 0 Å². The van der Waals surface area contributed by atoms with Crippen LogP contribution in [0.25, 0.3) is 0 Å². The Hall–Kier alpha value is -0.440. The van der Waals surface area contributed by atoms with Crippen molar-refractivity contribution in [2.45, 2.75) is 77.6 Å². The lowest BCUT2D eigenvalue weighted by Crippen LogP contribution is -2.12. The van der Waals surface area contributed by atoms with Crippen molar-refractivity contribution in [2.75, 3.05) is 0 Å². The molecule has 0 rings (SSSR count). The van der Waals surface area contributed by atoms with E-state index in [9.17, 15) is 16.8 Å².